The molecule has 0 spiro atoms. The fraction of sp³-hybridized carbons (Fsp3) is 0.257. The van der Waals surface area contributed by atoms with Crippen LogP contribution in [0.1, 0.15) is 24.0 Å². The molecular formula is C35H36FN3O6S. The number of amides is 2. The molecule has 0 bridgehead atoms. The van der Waals surface area contributed by atoms with Gasteiger partial charge in [0.2, 0.25) is 5.91 Å². The zero-order valence-electron chi connectivity index (χ0n) is 25.2. The third kappa shape index (κ3) is 9.15. The first-order valence-electron chi connectivity index (χ1n) is 15.0. The van der Waals surface area contributed by atoms with E-state index in [4.69, 9.17) is 9.47 Å². The zero-order chi connectivity index (χ0) is 32.4. The molecule has 1 saturated heterocycles. The van der Waals surface area contributed by atoms with Crippen LogP contribution in [0, 0.1) is 5.82 Å². The van der Waals surface area contributed by atoms with Gasteiger partial charge in [-0.05, 0) is 72.5 Å². The summed E-state index contributed by atoms with van der Waals surface area (Å²) in [4.78, 5) is 29.0. The molecule has 46 heavy (non-hydrogen) atoms. The predicted octanol–water partition coefficient (Wildman–Crippen LogP) is 4.94. The van der Waals surface area contributed by atoms with Crippen molar-refractivity contribution in [3.63, 3.8) is 0 Å². The van der Waals surface area contributed by atoms with Crippen molar-refractivity contribution in [1.29, 1.82) is 0 Å². The highest BCUT2D eigenvalue weighted by Crippen LogP contribution is 2.21. The largest absolute Gasteiger partial charge is 0.484 e. The third-order valence-electron chi connectivity index (χ3n) is 7.59. The quantitative estimate of drug-likeness (QED) is 0.201. The van der Waals surface area contributed by atoms with Crippen LogP contribution in [0.4, 0.5) is 10.1 Å². The second-order valence-corrected chi connectivity index (χ2v) is 12.6. The Bertz CT molecular complexity index is 1680. The van der Waals surface area contributed by atoms with Gasteiger partial charge in [0.1, 0.15) is 17.6 Å². The Balaban J connectivity index is 1.31. The first kappa shape index (κ1) is 32.6. The Labute approximate surface area is 268 Å². The van der Waals surface area contributed by atoms with Crippen LogP contribution in [0.3, 0.4) is 0 Å². The number of hydrogen-bond donors (Lipinski definition) is 2. The van der Waals surface area contributed by atoms with E-state index >= 15 is 0 Å². The van der Waals surface area contributed by atoms with Crippen LogP contribution >= 0.6 is 0 Å². The van der Waals surface area contributed by atoms with Crippen molar-refractivity contribution in [2.24, 2.45) is 0 Å². The van der Waals surface area contributed by atoms with Crippen LogP contribution in [0.5, 0.6) is 5.75 Å². The number of halogens is 1. The van der Waals surface area contributed by atoms with E-state index in [1.165, 1.54) is 41.3 Å². The van der Waals surface area contributed by atoms with Crippen LogP contribution in [-0.4, -0.2) is 57.0 Å². The molecule has 1 aliphatic rings. The van der Waals surface area contributed by atoms with E-state index in [0.29, 0.717) is 19.6 Å². The molecule has 2 amide bonds. The SMILES string of the molecule is O=C(NC[C@H]1CCCO1)[C@H](Cc1ccccc1)N(Cc1ccccc1)C(=O)COc1ccc(S(=O)(=O)Nc2ccc(F)cc2)cc1. The smallest absolute Gasteiger partial charge is 0.261 e. The molecule has 1 fully saturated rings. The Kier molecular flexibility index (Phi) is 11.0. The number of carbonyl (C=O) groups is 2. The molecule has 11 heteroatoms. The van der Waals surface area contributed by atoms with Crippen molar-refractivity contribution in [2.45, 2.75) is 42.8 Å². The highest BCUT2D eigenvalue weighted by atomic mass is 32.2. The summed E-state index contributed by atoms with van der Waals surface area (Å²) in [6, 6.07) is 28.7. The lowest BCUT2D eigenvalue weighted by atomic mass is 10.0. The zero-order valence-corrected chi connectivity index (χ0v) is 26.0. The molecule has 4 aromatic rings. The van der Waals surface area contributed by atoms with Gasteiger partial charge in [0.25, 0.3) is 15.9 Å². The van der Waals surface area contributed by atoms with Gasteiger partial charge in [0.15, 0.2) is 6.61 Å². The maximum atomic E-state index is 13.8. The van der Waals surface area contributed by atoms with Crippen LogP contribution in [0.15, 0.2) is 114 Å². The molecule has 1 aliphatic heterocycles. The van der Waals surface area contributed by atoms with E-state index in [1.54, 1.807) is 0 Å². The van der Waals surface area contributed by atoms with Gasteiger partial charge in [0.05, 0.1) is 11.0 Å². The molecule has 0 aliphatic carbocycles. The number of hydrogen-bond acceptors (Lipinski definition) is 6. The normalized spacial score (nSPS) is 15.1. The Morgan fingerprint density at radius 3 is 2.17 bits per heavy atom. The molecule has 5 rings (SSSR count). The summed E-state index contributed by atoms with van der Waals surface area (Å²) < 4.78 is 52.7. The van der Waals surface area contributed by atoms with Crippen LogP contribution in [0.2, 0.25) is 0 Å². The molecule has 0 radical (unpaired) electrons. The summed E-state index contributed by atoms with van der Waals surface area (Å²) >= 11 is 0. The van der Waals surface area contributed by atoms with Gasteiger partial charge in [-0.15, -0.1) is 0 Å². The van der Waals surface area contributed by atoms with E-state index < -0.39 is 27.8 Å². The average Bonchev–Trinajstić information content (AvgIpc) is 3.60. The van der Waals surface area contributed by atoms with Crippen molar-refractivity contribution >= 4 is 27.5 Å². The van der Waals surface area contributed by atoms with E-state index in [0.717, 1.165) is 36.1 Å². The van der Waals surface area contributed by atoms with Crippen molar-refractivity contribution in [3.05, 3.63) is 126 Å². The lowest BCUT2D eigenvalue weighted by molar-refractivity contribution is -0.143. The lowest BCUT2D eigenvalue weighted by Gasteiger charge is -2.31. The number of ether oxygens (including phenoxy) is 2. The summed E-state index contributed by atoms with van der Waals surface area (Å²) in [5, 5.41) is 3.00. The minimum atomic E-state index is -3.94. The fourth-order valence-electron chi connectivity index (χ4n) is 5.15. The molecule has 9 nitrogen and oxygen atoms in total. The van der Waals surface area contributed by atoms with Gasteiger partial charge in [-0.25, -0.2) is 12.8 Å². The van der Waals surface area contributed by atoms with Gasteiger partial charge < -0.3 is 19.7 Å². The van der Waals surface area contributed by atoms with Gasteiger partial charge in [-0.3, -0.25) is 14.3 Å². The molecule has 0 saturated carbocycles. The summed E-state index contributed by atoms with van der Waals surface area (Å²) in [6.07, 6.45) is 2.05. The van der Waals surface area contributed by atoms with Gasteiger partial charge in [0, 0.05) is 31.8 Å². The Hall–Kier alpha value is -4.74. The van der Waals surface area contributed by atoms with E-state index in [1.807, 2.05) is 60.7 Å². The highest BCUT2D eigenvalue weighted by molar-refractivity contribution is 7.92. The fourth-order valence-corrected chi connectivity index (χ4v) is 6.21. The number of anilines is 1. The highest BCUT2D eigenvalue weighted by Gasteiger charge is 2.31. The molecule has 240 valence electrons. The predicted molar refractivity (Wildman–Crippen MR) is 172 cm³/mol. The topological polar surface area (TPSA) is 114 Å². The average molecular weight is 646 g/mol. The lowest BCUT2D eigenvalue weighted by Crippen LogP contribution is -2.52. The third-order valence-corrected chi connectivity index (χ3v) is 8.98. The summed E-state index contributed by atoms with van der Waals surface area (Å²) in [6.45, 7) is 0.831. The molecular weight excluding hydrogens is 609 g/mol. The van der Waals surface area contributed by atoms with Crippen LogP contribution in [-0.2, 0) is 37.3 Å². The van der Waals surface area contributed by atoms with Gasteiger partial charge in [-0.2, -0.15) is 0 Å². The van der Waals surface area contributed by atoms with Crippen LogP contribution in [0.25, 0.3) is 0 Å². The van der Waals surface area contributed by atoms with Crippen molar-refractivity contribution < 1.29 is 31.9 Å². The maximum absolute atomic E-state index is 13.8. The molecule has 0 aromatic heterocycles. The van der Waals surface area contributed by atoms with E-state index in [9.17, 15) is 22.4 Å². The first-order chi connectivity index (χ1) is 22.3. The van der Waals surface area contributed by atoms with Gasteiger partial charge >= 0.3 is 0 Å². The standard InChI is InChI=1S/C35H36FN3O6S/c36-28-13-15-29(16-14-28)38-46(42,43)32-19-17-30(18-20-32)45-25-34(40)39(24-27-10-5-2-6-11-27)33(22-26-8-3-1-4-9-26)35(41)37-23-31-12-7-21-44-31/h1-6,8-11,13-20,31,33,38H,7,12,21-25H2,(H,37,41)/t31-,33+/m1/s1. The molecule has 4 aromatic carbocycles. The Morgan fingerprint density at radius 1 is 0.891 bits per heavy atom. The number of rotatable bonds is 14. The Morgan fingerprint density at radius 2 is 1.54 bits per heavy atom. The molecule has 0 unspecified atom stereocenters. The number of benzene rings is 4. The number of carbonyl (C=O) groups excluding carboxylic acids is 2. The second kappa shape index (κ2) is 15.5. The summed E-state index contributed by atoms with van der Waals surface area (Å²) in [5.74, 6) is -0.901. The minimum Gasteiger partial charge on any atom is -0.484 e. The van der Waals surface area contributed by atoms with E-state index in [2.05, 4.69) is 10.0 Å². The van der Waals surface area contributed by atoms with Crippen molar-refractivity contribution in [2.75, 3.05) is 24.5 Å². The monoisotopic (exact) mass is 645 g/mol. The maximum Gasteiger partial charge on any atom is 0.261 e. The van der Waals surface area contributed by atoms with Crippen molar-refractivity contribution in [3.8, 4) is 5.75 Å². The van der Waals surface area contributed by atoms with Crippen molar-refractivity contribution in [1.82, 2.24) is 10.2 Å². The summed E-state index contributed by atoms with van der Waals surface area (Å²) in [7, 11) is -3.94. The minimum absolute atomic E-state index is 0.0351. The number of nitrogens with one attached hydrogen (secondary N) is 2. The van der Waals surface area contributed by atoms with Crippen LogP contribution < -0.4 is 14.8 Å². The first-order valence-corrected chi connectivity index (χ1v) is 16.5. The number of sulfonamides is 1. The van der Waals surface area contributed by atoms with E-state index in [-0.39, 0.29) is 41.5 Å². The molecule has 2 N–H and O–H groups in total. The number of nitrogens with zero attached hydrogens (tertiary/aromatic N) is 1. The summed E-state index contributed by atoms with van der Waals surface area (Å²) in [5.41, 5.74) is 1.97. The second-order valence-electron chi connectivity index (χ2n) is 11.0. The van der Waals surface area contributed by atoms with Gasteiger partial charge in [-0.1, -0.05) is 60.7 Å². The molecule has 1 heterocycles. The molecule has 2 atom stereocenters.